The molecule has 0 saturated carbocycles. The van der Waals surface area contributed by atoms with E-state index in [1.807, 2.05) is 18.3 Å². The van der Waals surface area contributed by atoms with E-state index in [0.29, 0.717) is 17.6 Å². The Morgan fingerprint density at radius 3 is 2.88 bits per heavy atom. The van der Waals surface area contributed by atoms with Gasteiger partial charge in [-0.05, 0) is 37.1 Å². The number of hydrogen-bond acceptors (Lipinski definition) is 5. The molecule has 1 unspecified atom stereocenters. The lowest BCUT2D eigenvalue weighted by atomic mass is 10.1. The number of nitrogens with zero attached hydrogens (tertiary/aromatic N) is 3. The minimum Gasteiger partial charge on any atom is -0.356 e. The van der Waals surface area contributed by atoms with E-state index >= 15 is 0 Å². The highest BCUT2D eigenvalue weighted by Gasteiger charge is 2.06. The first-order valence-corrected chi connectivity index (χ1v) is 8.81. The molecule has 0 fully saturated rings. The summed E-state index contributed by atoms with van der Waals surface area (Å²) in [5, 5.41) is 12.6. The maximum absolute atomic E-state index is 5.09. The first kappa shape index (κ1) is 20.9. The molecule has 8 heteroatoms. The largest absolute Gasteiger partial charge is 0.356 e. The number of aromatic nitrogens is 2. The van der Waals surface area contributed by atoms with Gasteiger partial charge >= 0.3 is 0 Å². The van der Waals surface area contributed by atoms with Gasteiger partial charge in [0.1, 0.15) is 0 Å². The lowest BCUT2D eigenvalue weighted by Gasteiger charge is -2.15. The van der Waals surface area contributed by atoms with Crippen molar-refractivity contribution < 1.29 is 4.52 Å². The second-order valence-corrected chi connectivity index (χ2v) is 6.64. The van der Waals surface area contributed by atoms with E-state index in [0.717, 1.165) is 38.3 Å². The van der Waals surface area contributed by atoms with Crippen LogP contribution in [0.25, 0.3) is 0 Å². The molecule has 0 saturated heterocycles. The molecule has 1 atom stereocenters. The number of aryl methyl sites for hydroxylation is 2. The summed E-state index contributed by atoms with van der Waals surface area (Å²) in [6, 6.07) is 4.29. The minimum atomic E-state index is 0. The number of hydrogen-bond donors (Lipinski definition) is 2. The van der Waals surface area contributed by atoms with Crippen LogP contribution in [0.4, 0.5) is 0 Å². The van der Waals surface area contributed by atoms with Crippen molar-refractivity contribution in [3.8, 4) is 0 Å². The van der Waals surface area contributed by atoms with E-state index in [-0.39, 0.29) is 24.0 Å². The molecule has 0 bridgehead atoms. The molecule has 24 heavy (non-hydrogen) atoms. The van der Waals surface area contributed by atoms with E-state index in [9.17, 15) is 0 Å². The Hall–Kier alpha value is -1.16. The number of halogens is 1. The van der Waals surface area contributed by atoms with Crippen molar-refractivity contribution in [3.05, 3.63) is 34.1 Å². The van der Waals surface area contributed by atoms with Crippen LogP contribution >= 0.6 is 35.3 Å². The van der Waals surface area contributed by atoms with E-state index in [1.165, 1.54) is 4.88 Å². The van der Waals surface area contributed by atoms with E-state index in [4.69, 9.17) is 4.52 Å². The summed E-state index contributed by atoms with van der Waals surface area (Å²) in [7, 11) is 1.79. The normalized spacial score (nSPS) is 12.5. The fourth-order valence-corrected chi connectivity index (χ4v) is 3.09. The molecule has 0 amide bonds. The average Bonchev–Trinajstić information content (AvgIpc) is 3.18. The number of thiophene rings is 1. The summed E-state index contributed by atoms with van der Waals surface area (Å²) in [4.78, 5) is 9.87. The van der Waals surface area contributed by atoms with Gasteiger partial charge in [0, 0.05) is 31.4 Å². The Morgan fingerprint density at radius 1 is 1.42 bits per heavy atom. The zero-order valence-corrected chi connectivity index (χ0v) is 17.6. The topological polar surface area (TPSA) is 75.3 Å². The third kappa shape index (κ3) is 7.61. The molecule has 2 heterocycles. The molecule has 2 aromatic rings. The van der Waals surface area contributed by atoms with E-state index < -0.39 is 0 Å². The van der Waals surface area contributed by atoms with Crippen molar-refractivity contribution in [2.45, 2.75) is 33.1 Å². The quantitative estimate of drug-likeness (QED) is 0.273. The van der Waals surface area contributed by atoms with Crippen molar-refractivity contribution in [1.29, 1.82) is 0 Å². The van der Waals surface area contributed by atoms with Crippen LogP contribution in [0.2, 0.25) is 0 Å². The van der Waals surface area contributed by atoms with Crippen molar-refractivity contribution in [3.63, 3.8) is 0 Å². The Balaban J connectivity index is 0.00000288. The third-order valence-electron chi connectivity index (χ3n) is 3.40. The first-order valence-electron chi connectivity index (χ1n) is 7.93. The highest BCUT2D eigenvalue weighted by atomic mass is 127. The molecule has 6 nitrogen and oxygen atoms in total. The van der Waals surface area contributed by atoms with Gasteiger partial charge in [-0.1, -0.05) is 18.1 Å². The summed E-state index contributed by atoms with van der Waals surface area (Å²) in [5.74, 6) is 2.78. The van der Waals surface area contributed by atoms with Crippen LogP contribution in [0.15, 0.2) is 27.0 Å². The molecule has 0 aliphatic carbocycles. The van der Waals surface area contributed by atoms with Gasteiger partial charge in [-0.3, -0.25) is 4.99 Å². The molecule has 0 spiro atoms. The molecular formula is C16H26IN5OS. The SMILES string of the molecule is CN=C(NCCCc1nc(C)no1)NCC(C)Cc1cccs1.I. The van der Waals surface area contributed by atoms with Gasteiger partial charge < -0.3 is 15.2 Å². The molecular weight excluding hydrogens is 437 g/mol. The van der Waals surface area contributed by atoms with Crippen LogP contribution in [0.3, 0.4) is 0 Å². The predicted molar refractivity (Wildman–Crippen MR) is 109 cm³/mol. The Morgan fingerprint density at radius 2 is 2.25 bits per heavy atom. The molecule has 0 aliphatic heterocycles. The van der Waals surface area contributed by atoms with Crippen molar-refractivity contribution >= 4 is 41.3 Å². The fourth-order valence-electron chi connectivity index (χ4n) is 2.22. The van der Waals surface area contributed by atoms with Crippen LogP contribution in [-0.4, -0.2) is 36.2 Å². The number of guanidine groups is 1. The van der Waals surface area contributed by atoms with Gasteiger partial charge in [-0.25, -0.2) is 0 Å². The maximum atomic E-state index is 5.09. The molecule has 2 aromatic heterocycles. The van der Waals surface area contributed by atoms with E-state index in [1.54, 1.807) is 7.05 Å². The monoisotopic (exact) mass is 463 g/mol. The van der Waals surface area contributed by atoms with Crippen LogP contribution in [0.1, 0.15) is 29.9 Å². The average molecular weight is 463 g/mol. The maximum Gasteiger partial charge on any atom is 0.226 e. The minimum absolute atomic E-state index is 0. The van der Waals surface area contributed by atoms with Gasteiger partial charge in [0.2, 0.25) is 5.89 Å². The third-order valence-corrected chi connectivity index (χ3v) is 4.30. The van der Waals surface area contributed by atoms with Crippen molar-refractivity contribution in [1.82, 2.24) is 20.8 Å². The Bertz CT molecular complexity index is 599. The van der Waals surface area contributed by atoms with Crippen molar-refractivity contribution in [2.24, 2.45) is 10.9 Å². The van der Waals surface area contributed by atoms with Crippen LogP contribution < -0.4 is 10.6 Å². The van der Waals surface area contributed by atoms with E-state index in [2.05, 4.69) is 50.2 Å². The Kier molecular flexibility index (Phi) is 9.92. The summed E-state index contributed by atoms with van der Waals surface area (Å²) in [6.07, 6.45) is 2.80. The van der Waals surface area contributed by atoms with Gasteiger partial charge in [-0.2, -0.15) is 4.98 Å². The zero-order valence-electron chi connectivity index (χ0n) is 14.4. The van der Waals surface area contributed by atoms with Gasteiger partial charge in [-0.15, -0.1) is 35.3 Å². The van der Waals surface area contributed by atoms with Crippen LogP contribution in [0, 0.1) is 12.8 Å². The highest BCUT2D eigenvalue weighted by Crippen LogP contribution is 2.13. The highest BCUT2D eigenvalue weighted by molar-refractivity contribution is 14.0. The van der Waals surface area contributed by atoms with Crippen molar-refractivity contribution in [2.75, 3.05) is 20.1 Å². The van der Waals surface area contributed by atoms with Gasteiger partial charge in [0.05, 0.1) is 0 Å². The number of rotatable bonds is 8. The smallest absolute Gasteiger partial charge is 0.226 e. The number of aliphatic imine (C=N–C) groups is 1. The van der Waals surface area contributed by atoms with Gasteiger partial charge in [0.25, 0.3) is 0 Å². The summed E-state index contributed by atoms with van der Waals surface area (Å²) >= 11 is 1.81. The predicted octanol–water partition coefficient (Wildman–Crippen LogP) is 3.03. The number of nitrogens with one attached hydrogen (secondary N) is 2. The summed E-state index contributed by atoms with van der Waals surface area (Å²) < 4.78 is 5.09. The summed E-state index contributed by atoms with van der Waals surface area (Å²) in [5.41, 5.74) is 0. The molecule has 0 aromatic carbocycles. The van der Waals surface area contributed by atoms with Crippen LogP contribution in [-0.2, 0) is 12.8 Å². The fraction of sp³-hybridized carbons (Fsp3) is 0.562. The molecule has 0 aliphatic rings. The standard InChI is InChI=1S/C16H25N5OS.HI/c1-12(10-14-6-5-9-23-14)11-19-16(17-3)18-8-4-7-15-20-13(2)21-22-15;/h5-6,9,12H,4,7-8,10-11H2,1-3H3,(H2,17,18,19);1H. The molecule has 2 rings (SSSR count). The lowest BCUT2D eigenvalue weighted by molar-refractivity contribution is 0.372. The first-order chi connectivity index (χ1) is 11.2. The Labute approximate surface area is 164 Å². The molecule has 0 radical (unpaired) electrons. The molecule has 2 N–H and O–H groups in total. The second kappa shape index (κ2) is 11.4. The molecule has 134 valence electrons. The lowest BCUT2D eigenvalue weighted by Crippen LogP contribution is -2.40. The second-order valence-electron chi connectivity index (χ2n) is 5.61. The zero-order chi connectivity index (χ0) is 16.5. The summed E-state index contributed by atoms with van der Waals surface area (Å²) in [6.45, 7) is 5.80. The van der Waals surface area contributed by atoms with Gasteiger partial charge in [0.15, 0.2) is 11.8 Å². The van der Waals surface area contributed by atoms with Crippen LogP contribution in [0.5, 0.6) is 0 Å².